The van der Waals surface area contributed by atoms with E-state index in [2.05, 4.69) is 5.16 Å². The van der Waals surface area contributed by atoms with Crippen molar-refractivity contribution in [3.8, 4) is 6.07 Å². The number of hydrogen-bond donors (Lipinski definition) is 1. The quantitative estimate of drug-likeness (QED) is 0.209. The molecule has 80 valence electrons. The van der Waals surface area contributed by atoms with E-state index in [1.54, 1.807) is 24.3 Å². The van der Waals surface area contributed by atoms with Crippen LogP contribution in [0.5, 0.6) is 0 Å². The summed E-state index contributed by atoms with van der Waals surface area (Å²) in [6.07, 6.45) is 0.736. The van der Waals surface area contributed by atoms with E-state index in [1.165, 1.54) is 6.07 Å². The van der Waals surface area contributed by atoms with Crippen molar-refractivity contribution < 1.29 is 43.5 Å². The molecule has 0 bridgehead atoms. The third-order valence-corrected chi connectivity index (χ3v) is 1.99. The van der Waals surface area contributed by atoms with Crippen LogP contribution in [0.15, 0.2) is 34.3 Å². The fourth-order valence-electron chi connectivity index (χ4n) is 0.675. The molecule has 0 fully saturated rings. The van der Waals surface area contributed by atoms with Gasteiger partial charge in [0.2, 0.25) is 0 Å². The van der Waals surface area contributed by atoms with Crippen molar-refractivity contribution in [2.45, 2.75) is 11.8 Å². The van der Waals surface area contributed by atoms with Crippen molar-refractivity contribution >= 4 is 17.3 Å². The molecule has 0 saturated heterocycles. The summed E-state index contributed by atoms with van der Waals surface area (Å²) >= 11 is -2.09. The summed E-state index contributed by atoms with van der Waals surface area (Å²) in [6.45, 7) is 1.91. The van der Waals surface area contributed by atoms with Gasteiger partial charge in [0.1, 0.15) is 12.3 Å². The van der Waals surface area contributed by atoms with Gasteiger partial charge in [0.05, 0.1) is 0 Å². The molecule has 5 nitrogen and oxygen atoms in total. The molecule has 1 atom stereocenters. The first kappa shape index (κ1) is 17.7. The molecule has 0 spiro atoms. The molecule has 0 saturated carbocycles. The monoisotopic (exact) mass is 248 g/mol. The van der Waals surface area contributed by atoms with Crippen molar-refractivity contribution in [2.75, 3.05) is 0 Å². The largest absolute Gasteiger partial charge is 1.00 e. The van der Waals surface area contributed by atoms with Crippen molar-refractivity contribution in [1.82, 2.24) is 0 Å². The Balaban J connectivity index is 0. The van der Waals surface area contributed by atoms with Gasteiger partial charge >= 0.3 is 29.6 Å². The predicted octanol–water partition coefficient (Wildman–Crippen LogP) is -1.79. The van der Waals surface area contributed by atoms with E-state index in [0.717, 1.165) is 11.8 Å². The Morgan fingerprint density at radius 2 is 2.00 bits per heavy atom. The topological polar surface area (TPSA) is 96.5 Å². The van der Waals surface area contributed by atoms with E-state index in [1.807, 2.05) is 6.92 Å². The van der Waals surface area contributed by atoms with Crippen LogP contribution in [0.3, 0.4) is 0 Å². The zero-order valence-electron chi connectivity index (χ0n) is 8.95. The van der Waals surface area contributed by atoms with Crippen LogP contribution in [0, 0.1) is 18.3 Å². The molecule has 1 rings (SSSR count). The van der Waals surface area contributed by atoms with Crippen LogP contribution in [0.1, 0.15) is 5.56 Å². The minimum absolute atomic E-state index is 0. The summed E-state index contributed by atoms with van der Waals surface area (Å²) in [5, 5.41) is 17.3. The second-order valence-corrected chi connectivity index (χ2v) is 3.36. The minimum Gasteiger partial charge on any atom is -0.768 e. The van der Waals surface area contributed by atoms with Crippen molar-refractivity contribution in [1.29, 1.82) is 5.26 Å². The predicted molar refractivity (Wildman–Crippen MR) is 54.3 cm³/mol. The third kappa shape index (κ3) is 8.59. The molecular formula is C9H9N2NaO3S. The Hall–Kier alpha value is -0.710. The number of oxime groups is 1. The number of nitriles is 1. The smallest absolute Gasteiger partial charge is 0.768 e. The van der Waals surface area contributed by atoms with Gasteiger partial charge in [-0.3, -0.25) is 4.21 Å². The number of aryl methyl sites for hydroxylation is 1. The van der Waals surface area contributed by atoms with E-state index in [9.17, 15) is 8.76 Å². The summed E-state index contributed by atoms with van der Waals surface area (Å²) in [4.78, 5) is 0.339. The van der Waals surface area contributed by atoms with Crippen molar-refractivity contribution in [3.05, 3.63) is 29.8 Å². The summed E-state index contributed by atoms with van der Waals surface area (Å²) in [5.41, 5.74) is 1.06. The van der Waals surface area contributed by atoms with Crippen LogP contribution in [0.2, 0.25) is 0 Å². The molecule has 0 aliphatic rings. The molecule has 7 heteroatoms. The molecule has 0 aromatic heterocycles. The molecule has 0 radical (unpaired) electrons. The van der Waals surface area contributed by atoms with Crippen LogP contribution in [-0.4, -0.2) is 20.2 Å². The van der Waals surface area contributed by atoms with Crippen LogP contribution < -0.4 is 29.6 Å². The Morgan fingerprint density at radius 3 is 2.25 bits per heavy atom. The number of benzene rings is 1. The molecule has 0 amide bonds. The van der Waals surface area contributed by atoms with Gasteiger partial charge < -0.3 is 9.76 Å². The maximum Gasteiger partial charge on any atom is 1.00 e. The summed E-state index contributed by atoms with van der Waals surface area (Å²) in [6, 6.07) is 8.18. The first-order chi connectivity index (χ1) is 7.11. The van der Waals surface area contributed by atoms with E-state index in [-0.39, 0.29) is 29.6 Å². The standard InChI is InChI=1S/C7H8O2S.C2H2N2O.Na/c1-6-2-4-7(5-3-6)10(8)9;3-1-2-4-5;/h2-5H,1H3,(H,8,9);2,5H;/q;;+1/p-1. The minimum atomic E-state index is -2.09. The fourth-order valence-corrected chi connectivity index (χ4v) is 1.03. The Bertz CT molecular complexity index is 387. The van der Waals surface area contributed by atoms with E-state index >= 15 is 0 Å². The second-order valence-electron chi connectivity index (χ2n) is 2.42. The average molecular weight is 248 g/mol. The molecular weight excluding hydrogens is 239 g/mol. The van der Waals surface area contributed by atoms with E-state index in [0.29, 0.717) is 4.90 Å². The Kier molecular flexibility index (Phi) is 11.9. The number of nitrogens with zero attached hydrogens (tertiary/aromatic N) is 2. The van der Waals surface area contributed by atoms with Gasteiger partial charge in [0.25, 0.3) is 0 Å². The molecule has 0 heterocycles. The average Bonchev–Trinajstić information content (AvgIpc) is 2.20. The van der Waals surface area contributed by atoms with Crippen molar-refractivity contribution in [2.24, 2.45) is 5.16 Å². The van der Waals surface area contributed by atoms with Gasteiger partial charge in [0, 0.05) is 4.90 Å². The molecule has 1 aromatic carbocycles. The number of rotatable bonds is 1. The molecule has 1 N–H and O–H groups in total. The van der Waals surface area contributed by atoms with Crippen molar-refractivity contribution in [3.63, 3.8) is 0 Å². The molecule has 0 aliphatic heterocycles. The third-order valence-electron chi connectivity index (χ3n) is 1.33. The summed E-state index contributed by atoms with van der Waals surface area (Å²) in [7, 11) is 0. The first-order valence-electron chi connectivity index (χ1n) is 3.83. The van der Waals surface area contributed by atoms with Gasteiger partial charge in [-0.1, -0.05) is 22.9 Å². The fraction of sp³-hybridized carbons (Fsp3) is 0.111. The van der Waals surface area contributed by atoms with E-state index in [4.69, 9.17) is 10.5 Å². The maximum atomic E-state index is 10.3. The summed E-state index contributed by atoms with van der Waals surface area (Å²) < 4.78 is 20.6. The molecule has 16 heavy (non-hydrogen) atoms. The van der Waals surface area contributed by atoms with Gasteiger partial charge in [-0.25, -0.2) is 0 Å². The second kappa shape index (κ2) is 10.8. The van der Waals surface area contributed by atoms with Gasteiger partial charge in [-0.15, -0.1) is 0 Å². The Labute approximate surface area is 118 Å². The number of hydrogen-bond acceptors (Lipinski definition) is 5. The van der Waals surface area contributed by atoms with Gasteiger partial charge in [-0.05, 0) is 30.1 Å². The van der Waals surface area contributed by atoms with Crippen LogP contribution >= 0.6 is 0 Å². The van der Waals surface area contributed by atoms with Crippen LogP contribution in [0.25, 0.3) is 0 Å². The van der Waals surface area contributed by atoms with Gasteiger partial charge in [0.15, 0.2) is 0 Å². The first-order valence-corrected chi connectivity index (χ1v) is 4.90. The summed E-state index contributed by atoms with van der Waals surface area (Å²) in [5.74, 6) is 0. The zero-order valence-corrected chi connectivity index (χ0v) is 11.8. The molecule has 1 unspecified atom stereocenters. The normalized spacial score (nSPS) is 10.6. The zero-order chi connectivity index (χ0) is 11.7. The van der Waals surface area contributed by atoms with Gasteiger partial charge in [-0.2, -0.15) is 5.26 Å². The molecule has 1 aromatic rings. The maximum absolute atomic E-state index is 10.3. The van der Waals surface area contributed by atoms with E-state index < -0.39 is 11.1 Å². The van der Waals surface area contributed by atoms with Crippen LogP contribution in [-0.2, 0) is 11.1 Å². The Morgan fingerprint density at radius 1 is 1.50 bits per heavy atom. The molecule has 0 aliphatic carbocycles. The van der Waals surface area contributed by atoms with Crippen LogP contribution in [0.4, 0.5) is 0 Å². The SMILES string of the molecule is Cc1ccc(S(=O)[O-])cc1.N#CC=NO.[Na+].